The average Bonchev–Trinajstić information content (AvgIpc) is 2.36. The SMILES string of the molecule is CC(C)(C)Oc1cnnc(CC(C)(C)Oc2ncccn2)c1. The van der Waals surface area contributed by atoms with Crippen LogP contribution in [0.1, 0.15) is 40.3 Å². The molecule has 118 valence electrons. The summed E-state index contributed by atoms with van der Waals surface area (Å²) >= 11 is 0. The Bertz CT molecular complexity index is 609. The molecule has 2 aromatic heterocycles. The molecule has 0 fully saturated rings. The van der Waals surface area contributed by atoms with Crippen molar-refractivity contribution in [3.05, 3.63) is 36.4 Å². The largest absolute Gasteiger partial charge is 0.486 e. The van der Waals surface area contributed by atoms with E-state index in [0.717, 1.165) is 5.69 Å². The summed E-state index contributed by atoms with van der Waals surface area (Å²) in [5.74, 6) is 0.698. The van der Waals surface area contributed by atoms with Crippen molar-refractivity contribution in [2.24, 2.45) is 0 Å². The summed E-state index contributed by atoms with van der Waals surface area (Å²) < 4.78 is 11.6. The first-order chi connectivity index (χ1) is 10.2. The van der Waals surface area contributed by atoms with Crippen molar-refractivity contribution in [3.63, 3.8) is 0 Å². The molecule has 2 rings (SSSR count). The smallest absolute Gasteiger partial charge is 0.316 e. The molecule has 0 aromatic carbocycles. The second-order valence-corrected chi connectivity index (χ2v) is 6.67. The van der Waals surface area contributed by atoms with Crippen LogP contribution in [0.25, 0.3) is 0 Å². The highest BCUT2D eigenvalue weighted by atomic mass is 16.5. The Morgan fingerprint density at radius 2 is 1.68 bits per heavy atom. The van der Waals surface area contributed by atoms with Crippen molar-refractivity contribution < 1.29 is 9.47 Å². The Hall–Kier alpha value is -2.24. The molecule has 6 heteroatoms. The Kier molecular flexibility index (Phi) is 4.59. The zero-order valence-corrected chi connectivity index (χ0v) is 13.7. The third-order valence-corrected chi connectivity index (χ3v) is 2.62. The van der Waals surface area contributed by atoms with Gasteiger partial charge in [0.1, 0.15) is 17.0 Å². The number of hydrogen-bond donors (Lipinski definition) is 0. The maximum absolute atomic E-state index is 5.82. The fourth-order valence-electron chi connectivity index (χ4n) is 1.94. The lowest BCUT2D eigenvalue weighted by Crippen LogP contribution is -2.32. The van der Waals surface area contributed by atoms with Gasteiger partial charge in [-0.05, 0) is 40.7 Å². The number of rotatable bonds is 5. The molecule has 2 heterocycles. The maximum Gasteiger partial charge on any atom is 0.316 e. The van der Waals surface area contributed by atoms with Crippen LogP contribution in [0.3, 0.4) is 0 Å². The lowest BCUT2D eigenvalue weighted by molar-refractivity contribution is 0.0950. The lowest BCUT2D eigenvalue weighted by atomic mass is 10.0. The van der Waals surface area contributed by atoms with E-state index in [0.29, 0.717) is 18.2 Å². The van der Waals surface area contributed by atoms with Gasteiger partial charge in [-0.2, -0.15) is 10.2 Å². The Balaban J connectivity index is 2.07. The number of hydrogen-bond acceptors (Lipinski definition) is 6. The molecular weight excluding hydrogens is 280 g/mol. The van der Waals surface area contributed by atoms with E-state index in [9.17, 15) is 0 Å². The first-order valence-electron chi connectivity index (χ1n) is 7.20. The van der Waals surface area contributed by atoms with E-state index in [2.05, 4.69) is 20.2 Å². The maximum atomic E-state index is 5.82. The molecule has 0 bridgehead atoms. The van der Waals surface area contributed by atoms with Gasteiger partial charge >= 0.3 is 6.01 Å². The minimum absolute atomic E-state index is 0.274. The average molecular weight is 302 g/mol. The first-order valence-corrected chi connectivity index (χ1v) is 7.20. The minimum atomic E-state index is -0.504. The predicted octanol–water partition coefficient (Wildman–Crippen LogP) is 2.84. The molecule has 0 aliphatic rings. The molecule has 0 amide bonds. The van der Waals surface area contributed by atoms with Crippen LogP contribution >= 0.6 is 0 Å². The third kappa shape index (κ3) is 5.27. The Morgan fingerprint density at radius 1 is 1.00 bits per heavy atom. The van der Waals surface area contributed by atoms with Gasteiger partial charge in [0.05, 0.1) is 11.9 Å². The molecule has 0 N–H and O–H groups in total. The highest BCUT2D eigenvalue weighted by Crippen LogP contribution is 2.21. The fourth-order valence-corrected chi connectivity index (χ4v) is 1.94. The standard InChI is InChI=1S/C16H22N4O2/c1-15(2,3)21-13-9-12(20-19-11-13)10-16(4,5)22-14-17-7-6-8-18-14/h6-9,11H,10H2,1-5H3. The topological polar surface area (TPSA) is 70.0 Å². The highest BCUT2D eigenvalue weighted by Gasteiger charge is 2.23. The summed E-state index contributed by atoms with van der Waals surface area (Å²) in [6.45, 7) is 9.90. The van der Waals surface area contributed by atoms with Gasteiger partial charge in [0.15, 0.2) is 0 Å². The lowest BCUT2D eigenvalue weighted by Gasteiger charge is -2.25. The van der Waals surface area contributed by atoms with Crippen LogP contribution in [0, 0.1) is 0 Å². The predicted molar refractivity (Wildman–Crippen MR) is 82.9 cm³/mol. The molecule has 0 aliphatic heterocycles. The third-order valence-electron chi connectivity index (χ3n) is 2.62. The highest BCUT2D eigenvalue weighted by molar-refractivity contribution is 5.21. The Morgan fingerprint density at radius 3 is 2.32 bits per heavy atom. The van der Waals surface area contributed by atoms with E-state index in [1.807, 2.05) is 40.7 Å². The van der Waals surface area contributed by atoms with Crippen LogP contribution in [0.5, 0.6) is 11.8 Å². The normalized spacial score (nSPS) is 12.0. The summed E-state index contributed by atoms with van der Waals surface area (Å²) in [4.78, 5) is 8.16. The van der Waals surface area contributed by atoms with Crippen molar-refractivity contribution in [1.82, 2.24) is 20.2 Å². The molecule has 0 spiro atoms. The van der Waals surface area contributed by atoms with Crippen molar-refractivity contribution in [2.75, 3.05) is 0 Å². The molecule has 2 aromatic rings. The zero-order chi connectivity index (χ0) is 16.2. The van der Waals surface area contributed by atoms with Crippen molar-refractivity contribution in [2.45, 2.75) is 52.2 Å². The molecule has 6 nitrogen and oxygen atoms in total. The van der Waals surface area contributed by atoms with Crippen LogP contribution < -0.4 is 9.47 Å². The van der Waals surface area contributed by atoms with Crippen LogP contribution in [-0.2, 0) is 6.42 Å². The van der Waals surface area contributed by atoms with E-state index in [-0.39, 0.29) is 5.60 Å². The first kappa shape index (κ1) is 16.1. The van der Waals surface area contributed by atoms with Gasteiger partial charge in [0.2, 0.25) is 0 Å². The van der Waals surface area contributed by atoms with Crippen molar-refractivity contribution in [3.8, 4) is 11.8 Å². The zero-order valence-electron chi connectivity index (χ0n) is 13.7. The second-order valence-electron chi connectivity index (χ2n) is 6.67. The van der Waals surface area contributed by atoms with E-state index in [1.54, 1.807) is 24.7 Å². The summed E-state index contributed by atoms with van der Waals surface area (Å²) in [6, 6.07) is 3.98. The molecular formula is C16H22N4O2. The van der Waals surface area contributed by atoms with E-state index >= 15 is 0 Å². The summed E-state index contributed by atoms with van der Waals surface area (Å²) in [7, 11) is 0. The minimum Gasteiger partial charge on any atom is -0.486 e. The number of ether oxygens (including phenoxy) is 2. The van der Waals surface area contributed by atoms with Gasteiger partial charge in [-0.3, -0.25) is 0 Å². The van der Waals surface area contributed by atoms with Gasteiger partial charge in [0, 0.05) is 24.9 Å². The molecule has 0 radical (unpaired) electrons. The molecule has 0 unspecified atom stereocenters. The molecule has 22 heavy (non-hydrogen) atoms. The van der Waals surface area contributed by atoms with Gasteiger partial charge in [-0.25, -0.2) is 9.97 Å². The van der Waals surface area contributed by atoms with Gasteiger partial charge in [0.25, 0.3) is 0 Å². The van der Waals surface area contributed by atoms with Crippen LogP contribution in [0.4, 0.5) is 0 Å². The van der Waals surface area contributed by atoms with E-state index in [4.69, 9.17) is 9.47 Å². The molecule has 0 saturated carbocycles. The Labute approximate surface area is 130 Å². The van der Waals surface area contributed by atoms with Gasteiger partial charge < -0.3 is 9.47 Å². The van der Waals surface area contributed by atoms with Gasteiger partial charge in [-0.15, -0.1) is 0 Å². The summed E-state index contributed by atoms with van der Waals surface area (Å²) in [6.07, 6.45) is 5.48. The second kappa shape index (κ2) is 6.25. The van der Waals surface area contributed by atoms with E-state index < -0.39 is 5.60 Å². The molecule has 0 aliphatic carbocycles. The molecule has 0 atom stereocenters. The monoisotopic (exact) mass is 302 g/mol. The molecule has 0 saturated heterocycles. The summed E-state index contributed by atoms with van der Waals surface area (Å²) in [5, 5.41) is 8.14. The van der Waals surface area contributed by atoms with E-state index in [1.165, 1.54) is 0 Å². The summed E-state index contributed by atoms with van der Waals surface area (Å²) in [5.41, 5.74) is 0.0170. The van der Waals surface area contributed by atoms with Gasteiger partial charge in [-0.1, -0.05) is 0 Å². The number of aromatic nitrogens is 4. The van der Waals surface area contributed by atoms with Crippen molar-refractivity contribution >= 4 is 0 Å². The van der Waals surface area contributed by atoms with Crippen molar-refractivity contribution in [1.29, 1.82) is 0 Å². The fraction of sp³-hybridized carbons (Fsp3) is 0.500. The van der Waals surface area contributed by atoms with Crippen LogP contribution in [0.15, 0.2) is 30.7 Å². The van der Waals surface area contributed by atoms with Crippen LogP contribution in [0.2, 0.25) is 0 Å². The van der Waals surface area contributed by atoms with Crippen LogP contribution in [-0.4, -0.2) is 31.4 Å². The quantitative estimate of drug-likeness (QED) is 0.846. The number of nitrogens with zero attached hydrogens (tertiary/aromatic N) is 4.